The van der Waals surface area contributed by atoms with Crippen LogP contribution < -0.4 is 10.2 Å². The molecule has 1 aliphatic carbocycles. The van der Waals surface area contributed by atoms with Crippen LogP contribution in [-0.4, -0.2) is 51.2 Å². The summed E-state index contributed by atoms with van der Waals surface area (Å²) in [6, 6.07) is 2.63. The third-order valence-corrected chi connectivity index (χ3v) is 5.49. The van der Waals surface area contributed by atoms with Crippen molar-refractivity contribution < 1.29 is 27.5 Å². The maximum absolute atomic E-state index is 14.0. The van der Waals surface area contributed by atoms with Gasteiger partial charge in [0, 0.05) is 29.7 Å². The summed E-state index contributed by atoms with van der Waals surface area (Å²) in [5, 5.41) is 2.71. The average Bonchev–Trinajstić information content (AvgIpc) is 2.73. The lowest BCUT2D eigenvalue weighted by molar-refractivity contribution is -0.186. The SMILES string of the molecule is Cc1ccc(N(C(=O)[C@H](F)Cl)[C@@](C)(C(=O)NC2CC(OC(F)F)C2)c2cncnc2)cn1. The van der Waals surface area contributed by atoms with Gasteiger partial charge in [-0.1, -0.05) is 11.6 Å². The van der Waals surface area contributed by atoms with Crippen LogP contribution in [0.25, 0.3) is 0 Å². The fourth-order valence-electron chi connectivity index (χ4n) is 3.47. The second kappa shape index (κ2) is 9.78. The average molecular weight is 472 g/mol. The lowest BCUT2D eigenvalue weighted by Crippen LogP contribution is -2.61. The smallest absolute Gasteiger partial charge is 0.345 e. The van der Waals surface area contributed by atoms with Gasteiger partial charge in [-0.2, -0.15) is 8.78 Å². The number of rotatable bonds is 8. The Morgan fingerprint density at radius 3 is 2.41 bits per heavy atom. The third-order valence-electron chi connectivity index (χ3n) is 5.30. The number of aryl methyl sites for hydroxylation is 1. The number of carbonyl (C=O) groups excluding carboxylic acids is 2. The second-order valence-corrected chi connectivity index (χ2v) is 7.88. The molecule has 0 radical (unpaired) electrons. The Labute approximate surface area is 187 Å². The number of hydrogen-bond donors (Lipinski definition) is 1. The summed E-state index contributed by atoms with van der Waals surface area (Å²) in [7, 11) is 0. The number of carbonyl (C=O) groups is 2. The number of anilines is 1. The first-order valence-electron chi connectivity index (χ1n) is 9.67. The number of halogens is 4. The molecule has 2 heterocycles. The number of amides is 2. The van der Waals surface area contributed by atoms with Crippen LogP contribution in [0.1, 0.15) is 31.0 Å². The van der Waals surface area contributed by atoms with Crippen LogP contribution in [-0.2, 0) is 19.9 Å². The molecule has 1 N–H and O–H groups in total. The standard InChI is InChI=1S/C20H21ClF3N5O3/c1-11-3-4-14(9-27-11)29(17(30)16(21)22)20(2,12-7-25-10-26-8-12)18(31)28-13-5-15(6-13)32-19(23)24/h3-4,7-10,13,15-16,19H,5-6H2,1-2H3,(H,28,31)/t13?,15?,16-,20+/m0/s1. The van der Waals surface area contributed by atoms with Crippen molar-refractivity contribution in [1.82, 2.24) is 20.3 Å². The van der Waals surface area contributed by atoms with E-state index in [1.54, 1.807) is 13.0 Å². The fourth-order valence-corrected chi connectivity index (χ4v) is 3.57. The Balaban J connectivity index is 1.98. The van der Waals surface area contributed by atoms with Crippen molar-refractivity contribution in [2.45, 2.75) is 56.6 Å². The summed E-state index contributed by atoms with van der Waals surface area (Å²) in [5.74, 6) is -1.88. The van der Waals surface area contributed by atoms with E-state index in [0.29, 0.717) is 5.69 Å². The van der Waals surface area contributed by atoms with Gasteiger partial charge in [0.2, 0.25) is 0 Å². The van der Waals surface area contributed by atoms with E-state index in [-0.39, 0.29) is 24.1 Å². The molecule has 1 saturated carbocycles. The maximum atomic E-state index is 14.0. The van der Waals surface area contributed by atoms with E-state index < -0.39 is 41.7 Å². The Kier molecular flexibility index (Phi) is 7.29. The number of hydrogen-bond acceptors (Lipinski definition) is 6. The van der Waals surface area contributed by atoms with E-state index in [9.17, 15) is 22.8 Å². The molecule has 0 unspecified atom stereocenters. The number of ether oxygens (including phenoxy) is 1. The molecular formula is C20H21ClF3N5O3. The largest absolute Gasteiger partial charge is 0.351 e. The van der Waals surface area contributed by atoms with Crippen molar-refractivity contribution in [3.8, 4) is 0 Å². The first kappa shape index (κ1) is 23.9. The van der Waals surface area contributed by atoms with E-state index in [1.165, 1.54) is 37.9 Å². The molecule has 1 fully saturated rings. The molecule has 0 spiro atoms. The highest BCUT2D eigenvalue weighted by atomic mass is 35.5. The van der Waals surface area contributed by atoms with E-state index >= 15 is 0 Å². The van der Waals surface area contributed by atoms with Crippen molar-refractivity contribution in [1.29, 1.82) is 0 Å². The summed E-state index contributed by atoms with van der Waals surface area (Å²) in [5.41, 5.74) is -3.33. The molecular weight excluding hydrogens is 451 g/mol. The Morgan fingerprint density at radius 2 is 1.88 bits per heavy atom. The zero-order valence-electron chi connectivity index (χ0n) is 17.2. The molecule has 172 valence electrons. The molecule has 0 aliphatic heterocycles. The summed E-state index contributed by atoms with van der Waals surface area (Å²) in [6.07, 6.45) is 4.83. The Hall–Kier alpha value is -2.79. The highest BCUT2D eigenvalue weighted by molar-refractivity contribution is 6.32. The second-order valence-electron chi connectivity index (χ2n) is 7.49. The van der Waals surface area contributed by atoms with Gasteiger partial charge in [-0.15, -0.1) is 0 Å². The minimum Gasteiger partial charge on any atom is -0.351 e. The number of pyridine rings is 1. The van der Waals surface area contributed by atoms with Crippen molar-refractivity contribution in [3.05, 3.63) is 48.3 Å². The van der Waals surface area contributed by atoms with Gasteiger partial charge in [0.15, 0.2) is 5.54 Å². The number of nitrogens with zero attached hydrogens (tertiary/aromatic N) is 4. The van der Waals surface area contributed by atoms with Gasteiger partial charge in [0.05, 0.1) is 18.0 Å². The predicted octanol–water partition coefficient (Wildman–Crippen LogP) is 2.85. The van der Waals surface area contributed by atoms with Gasteiger partial charge in [-0.3, -0.25) is 19.5 Å². The summed E-state index contributed by atoms with van der Waals surface area (Å²) in [6.45, 7) is 0.209. The molecule has 12 heteroatoms. The Bertz CT molecular complexity index is 945. The molecule has 3 rings (SSSR count). The van der Waals surface area contributed by atoms with E-state index in [0.717, 1.165) is 4.90 Å². The summed E-state index contributed by atoms with van der Waals surface area (Å²) < 4.78 is 43.2. The van der Waals surface area contributed by atoms with Crippen LogP contribution in [0.4, 0.5) is 18.9 Å². The van der Waals surface area contributed by atoms with Gasteiger partial charge < -0.3 is 10.1 Å². The van der Waals surface area contributed by atoms with Crippen molar-refractivity contribution in [2.75, 3.05) is 4.90 Å². The number of nitrogens with one attached hydrogen (secondary N) is 1. The van der Waals surface area contributed by atoms with Crippen molar-refractivity contribution in [3.63, 3.8) is 0 Å². The van der Waals surface area contributed by atoms with E-state index in [1.807, 2.05) is 0 Å². The van der Waals surface area contributed by atoms with Crippen LogP contribution >= 0.6 is 11.6 Å². The monoisotopic (exact) mass is 471 g/mol. The third kappa shape index (κ3) is 4.99. The van der Waals surface area contributed by atoms with Gasteiger partial charge in [-0.25, -0.2) is 14.4 Å². The lowest BCUT2D eigenvalue weighted by Gasteiger charge is -2.42. The quantitative estimate of drug-likeness (QED) is 0.595. The molecule has 2 amide bonds. The molecule has 1 aliphatic rings. The lowest BCUT2D eigenvalue weighted by atomic mass is 9.85. The maximum Gasteiger partial charge on any atom is 0.345 e. The number of alkyl halides is 4. The first-order chi connectivity index (χ1) is 15.1. The molecule has 0 saturated heterocycles. The van der Waals surface area contributed by atoms with Gasteiger partial charge >= 0.3 is 6.61 Å². The first-order valence-corrected chi connectivity index (χ1v) is 10.1. The molecule has 32 heavy (non-hydrogen) atoms. The van der Waals surface area contributed by atoms with Crippen LogP contribution in [0, 0.1) is 6.92 Å². The highest BCUT2D eigenvalue weighted by Crippen LogP contribution is 2.35. The van der Waals surface area contributed by atoms with Crippen LogP contribution in [0.3, 0.4) is 0 Å². The summed E-state index contributed by atoms with van der Waals surface area (Å²) in [4.78, 5) is 39.2. The van der Waals surface area contributed by atoms with Gasteiger partial charge in [0.1, 0.15) is 6.33 Å². The van der Waals surface area contributed by atoms with Crippen molar-refractivity contribution >= 4 is 29.1 Å². The number of aromatic nitrogens is 3. The minimum absolute atomic E-state index is 0.123. The van der Waals surface area contributed by atoms with Crippen LogP contribution in [0.2, 0.25) is 0 Å². The molecule has 2 aromatic heterocycles. The minimum atomic E-state index is -2.91. The topological polar surface area (TPSA) is 97.3 Å². The normalized spacial score (nSPS) is 20.7. The zero-order valence-corrected chi connectivity index (χ0v) is 18.0. The van der Waals surface area contributed by atoms with E-state index in [4.69, 9.17) is 11.6 Å². The van der Waals surface area contributed by atoms with Crippen molar-refractivity contribution in [2.24, 2.45) is 0 Å². The molecule has 0 bridgehead atoms. The highest BCUT2D eigenvalue weighted by Gasteiger charge is 2.48. The van der Waals surface area contributed by atoms with Crippen LogP contribution in [0.15, 0.2) is 37.1 Å². The molecule has 2 atom stereocenters. The van der Waals surface area contributed by atoms with Crippen LogP contribution in [0.5, 0.6) is 0 Å². The zero-order chi connectivity index (χ0) is 23.5. The molecule has 0 aromatic carbocycles. The summed E-state index contributed by atoms with van der Waals surface area (Å²) >= 11 is 5.49. The molecule has 2 aromatic rings. The predicted molar refractivity (Wildman–Crippen MR) is 109 cm³/mol. The molecule has 8 nitrogen and oxygen atoms in total. The Morgan fingerprint density at radius 1 is 1.22 bits per heavy atom. The van der Waals surface area contributed by atoms with E-state index in [2.05, 4.69) is 25.0 Å². The van der Waals surface area contributed by atoms with Gasteiger partial charge in [0.25, 0.3) is 17.4 Å². The van der Waals surface area contributed by atoms with Gasteiger partial charge in [-0.05, 0) is 38.8 Å². The fraction of sp³-hybridized carbons (Fsp3) is 0.450.